The van der Waals surface area contributed by atoms with Gasteiger partial charge in [-0.25, -0.2) is 0 Å². The number of carbonyl (C=O) groups is 1. The number of carbonyl (C=O) groups excluding carboxylic acids is 1. The van der Waals surface area contributed by atoms with Crippen LogP contribution in [0.4, 0.5) is 5.69 Å². The summed E-state index contributed by atoms with van der Waals surface area (Å²) in [6.07, 6.45) is 0. The average molecular weight is 479 g/mol. The monoisotopic (exact) mass is 478 g/mol. The van der Waals surface area contributed by atoms with E-state index in [0.29, 0.717) is 34.7 Å². The Kier molecular flexibility index (Phi) is 7.65. The fourth-order valence-electron chi connectivity index (χ4n) is 3.24. The van der Waals surface area contributed by atoms with Gasteiger partial charge < -0.3 is 10.1 Å². The minimum atomic E-state index is 0.0373. The molecule has 0 radical (unpaired) electrons. The van der Waals surface area contributed by atoms with Crippen molar-refractivity contribution in [3.05, 3.63) is 95.3 Å². The van der Waals surface area contributed by atoms with Gasteiger partial charge in [0.05, 0.1) is 24.6 Å². The number of anilines is 1. The highest BCUT2D eigenvalue weighted by Crippen LogP contribution is 2.25. The van der Waals surface area contributed by atoms with Crippen LogP contribution in [-0.2, 0) is 6.54 Å². The topological polar surface area (TPSA) is 69.0 Å². The van der Waals surface area contributed by atoms with Crippen LogP contribution in [-0.4, -0.2) is 32.9 Å². The lowest BCUT2D eigenvalue weighted by Crippen LogP contribution is -2.09. The molecule has 168 valence electrons. The summed E-state index contributed by atoms with van der Waals surface area (Å²) < 4.78 is 7.42. The molecule has 0 fully saturated rings. The van der Waals surface area contributed by atoms with Crippen molar-refractivity contribution in [3.63, 3.8) is 0 Å². The molecular formula is C25H23ClN4O2S. The molecule has 4 aromatic rings. The predicted octanol–water partition coefficient (Wildman–Crippen LogP) is 5.91. The van der Waals surface area contributed by atoms with Gasteiger partial charge >= 0.3 is 0 Å². The largest absolute Gasteiger partial charge is 0.494 e. The molecular weight excluding hydrogens is 456 g/mol. The van der Waals surface area contributed by atoms with Crippen LogP contribution in [0.1, 0.15) is 23.1 Å². The van der Waals surface area contributed by atoms with Gasteiger partial charge in [0.25, 0.3) is 0 Å². The Balaban J connectivity index is 1.54. The van der Waals surface area contributed by atoms with Crippen molar-refractivity contribution in [1.29, 1.82) is 0 Å². The summed E-state index contributed by atoms with van der Waals surface area (Å²) in [5.41, 5.74) is 2.45. The van der Waals surface area contributed by atoms with Gasteiger partial charge in [0.2, 0.25) is 0 Å². The highest BCUT2D eigenvalue weighted by Gasteiger charge is 2.17. The second-order valence-electron chi connectivity index (χ2n) is 7.10. The van der Waals surface area contributed by atoms with Gasteiger partial charge in [0.1, 0.15) is 5.75 Å². The summed E-state index contributed by atoms with van der Waals surface area (Å²) in [5.74, 6) is 1.83. The third-order valence-electron chi connectivity index (χ3n) is 4.81. The Labute approximate surface area is 202 Å². The predicted molar refractivity (Wildman–Crippen MR) is 133 cm³/mol. The van der Waals surface area contributed by atoms with Crippen LogP contribution in [0.3, 0.4) is 0 Å². The summed E-state index contributed by atoms with van der Waals surface area (Å²) in [6, 6.07) is 24.5. The first-order valence-corrected chi connectivity index (χ1v) is 11.9. The number of nitrogens with zero attached hydrogens (tertiary/aromatic N) is 3. The number of thioether (sulfide) groups is 1. The number of hydrogen-bond acceptors (Lipinski definition) is 6. The van der Waals surface area contributed by atoms with E-state index in [4.69, 9.17) is 16.3 Å². The summed E-state index contributed by atoms with van der Waals surface area (Å²) >= 11 is 7.60. The van der Waals surface area contributed by atoms with Crippen LogP contribution >= 0.6 is 23.4 Å². The molecule has 4 rings (SSSR count). The number of halogens is 1. The molecule has 3 aromatic carbocycles. The van der Waals surface area contributed by atoms with Crippen LogP contribution in [0.25, 0.3) is 5.69 Å². The molecule has 1 aromatic heterocycles. The molecule has 0 bridgehead atoms. The van der Waals surface area contributed by atoms with E-state index >= 15 is 0 Å². The fraction of sp³-hybridized carbons (Fsp3) is 0.160. The quantitative estimate of drug-likeness (QED) is 0.226. The van der Waals surface area contributed by atoms with Gasteiger partial charge in [0.15, 0.2) is 16.8 Å². The lowest BCUT2D eigenvalue weighted by Gasteiger charge is -2.12. The highest BCUT2D eigenvalue weighted by atomic mass is 35.5. The third-order valence-corrected chi connectivity index (χ3v) is 5.97. The van der Waals surface area contributed by atoms with Gasteiger partial charge in [-0.15, -0.1) is 10.2 Å². The third kappa shape index (κ3) is 5.94. The molecule has 8 heteroatoms. The Morgan fingerprint density at radius 1 is 1.03 bits per heavy atom. The van der Waals surface area contributed by atoms with Crippen LogP contribution in [0.2, 0.25) is 5.02 Å². The van der Waals surface area contributed by atoms with E-state index in [2.05, 4.69) is 15.5 Å². The first-order valence-electron chi connectivity index (χ1n) is 10.5. The van der Waals surface area contributed by atoms with Gasteiger partial charge in [-0.3, -0.25) is 9.36 Å². The highest BCUT2D eigenvalue weighted by molar-refractivity contribution is 7.99. The van der Waals surface area contributed by atoms with Crippen LogP contribution in [0, 0.1) is 0 Å². The summed E-state index contributed by atoms with van der Waals surface area (Å²) in [6.45, 7) is 3.03. The van der Waals surface area contributed by atoms with Gasteiger partial charge in [-0.1, -0.05) is 59.8 Å². The molecule has 33 heavy (non-hydrogen) atoms. The lowest BCUT2D eigenvalue weighted by molar-refractivity contribution is 0.102. The molecule has 0 aliphatic rings. The molecule has 1 N–H and O–H groups in total. The van der Waals surface area contributed by atoms with E-state index in [1.165, 1.54) is 11.8 Å². The molecule has 0 saturated heterocycles. The molecule has 0 unspecified atom stereocenters. The molecule has 0 spiro atoms. The molecule has 0 aliphatic carbocycles. The van der Waals surface area contributed by atoms with E-state index in [1.807, 2.05) is 90.4 Å². The minimum Gasteiger partial charge on any atom is -0.494 e. The molecule has 0 aliphatic heterocycles. The Morgan fingerprint density at radius 2 is 1.82 bits per heavy atom. The maximum absolute atomic E-state index is 12.6. The van der Waals surface area contributed by atoms with Crippen LogP contribution < -0.4 is 10.1 Å². The average Bonchev–Trinajstić information content (AvgIpc) is 3.25. The number of rotatable bonds is 10. The number of ketones is 1. The van der Waals surface area contributed by atoms with Crippen molar-refractivity contribution < 1.29 is 9.53 Å². The SMILES string of the molecule is CCOc1ccc(NCc2nnc(SCC(=O)c3ccccc3)n2-c2cccc(Cl)c2)cc1. The van der Waals surface area contributed by atoms with E-state index in [9.17, 15) is 4.79 Å². The zero-order valence-corrected chi connectivity index (χ0v) is 19.6. The Morgan fingerprint density at radius 3 is 2.55 bits per heavy atom. The van der Waals surface area contributed by atoms with Crippen LogP contribution in [0.15, 0.2) is 84.0 Å². The molecule has 0 amide bonds. The number of hydrogen-bond donors (Lipinski definition) is 1. The maximum Gasteiger partial charge on any atom is 0.196 e. The summed E-state index contributed by atoms with van der Waals surface area (Å²) in [4.78, 5) is 12.6. The second kappa shape index (κ2) is 11.0. The van der Waals surface area contributed by atoms with E-state index in [1.54, 1.807) is 0 Å². The van der Waals surface area contributed by atoms with Gasteiger partial charge in [-0.05, 0) is 49.4 Å². The number of benzene rings is 3. The standard InChI is InChI=1S/C25H23ClN4O2S/c1-2-32-22-13-11-20(12-14-22)27-16-24-28-29-25(30(24)21-10-6-9-19(26)15-21)33-17-23(31)18-7-4-3-5-8-18/h3-15,27H,2,16-17H2,1H3. The molecule has 6 nitrogen and oxygen atoms in total. The smallest absolute Gasteiger partial charge is 0.196 e. The first-order chi connectivity index (χ1) is 16.1. The van der Waals surface area contributed by atoms with E-state index in [-0.39, 0.29) is 11.5 Å². The van der Waals surface area contributed by atoms with Crippen molar-refractivity contribution in [3.8, 4) is 11.4 Å². The minimum absolute atomic E-state index is 0.0373. The van der Waals surface area contributed by atoms with Crippen molar-refractivity contribution in [1.82, 2.24) is 14.8 Å². The van der Waals surface area contributed by atoms with Gasteiger partial charge in [-0.2, -0.15) is 0 Å². The van der Waals surface area contributed by atoms with E-state index < -0.39 is 0 Å². The lowest BCUT2D eigenvalue weighted by atomic mass is 10.2. The van der Waals surface area contributed by atoms with E-state index in [0.717, 1.165) is 17.1 Å². The van der Waals surface area contributed by atoms with Crippen molar-refractivity contribution in [2.24, 2.45) is 0 Å². The molecule has 0 atom stereocenters. The number of nitrogens with one attached hydrogen (secondary N) is 1. The maximum atomic E-state index is 12.6. The Hall–Kier alpha value is -3.29. The first kappa shape index (κ1) is 22.9. The van der Waals surface area contributed by atoms with Crippen molar-refractivity contribution in [2.45, 2.75) is 18.6 Å². The zero-order chi connectivity index (χ0) is 23.0. The normalized spacial score (nSPS) is 10.7. The number of ether oxygens (including phenoxy) is 1. The summed E-state index contributed by atoms with van der Waals surface area (Å²) in [5, 5.41) is 13.4. The molecule has 1 heterocycles. The number of aromatic nitrogens is 3. The van der Waals surface area contributed by atoms with Crippen molar-refractivity contribution in [2.75, 3.05) is 17.7 Å². The Bertz CT molecular complexity index is 1210. The second-order valence-corrected chi connectivity index (χ2v) is 8.48. The number of Topliss-reactive ketones (excluding diaryl/α,β-unsaturated/α-hetero) is 1. The fourth-order valence-corrected chi connectivity index (χ4v) is 4.29. The van der Waals surface area contributed by atoms with Gasteiger partial charge in [0, 0.05) is 16.3 Å². The van der Waals surface area contributed by atoms with Crippen molar-refractivity contribution >= 4 is 34.8 Å². The molecule has 0 saturated carbocycles. The zero-order valence-electron chi connectivity index (χ0n) is 18.1. The summed E-state index contributed by atoms with van der Waals surface area (Å²) in [7, 11) is 0. The van der Waals surface area contributed by atoms with Crippen LogP contribution in [0.5, 0.6) is 5.75 Å².